The van der Waals surface area contributed by atoms with Crippen LogP contribution in [0.25, 0.3) is 0 Å². The second-order valence-corrected chi connectivity index (χ2v) is 3.94. The molecular weight excluding hydrogens is 212 g/mol. The number of ether oxygens (including phenoxy) is 2. The van der Waals surface area contributed by atoms with Crippen molar-refractivity contribution in [2.24, 2.45) is 0 Å². The lowest BCUT2D eigenvalue weighted by atomic mass is 9.87. The first-order chi connectivity index (χ1) is 6.95. The number of hydrogen-bond donors (Lipinski definition) is 0. The van der Waals surface area contributed by atoms with Crippen LogP contribution in [0.1, 0.15) is 23.7 Å². The molecule has 1 saturated heterocycles. The molecule has 2 nitrogen and oxygen atoms in total. The van der Waals surface area contributed by atoms with Crippen LogP contribution in [0.2, 0.25) is 0 Å². The van der Waals surface area contributed by atoms with Gasteiger partial charge in [0.2, 0.25) is 0 Å². The fourth-order valence-electron chi connectivity index (χ4n) is 2.43. The maximum atomic E-state index is 5.78. The Balaban J connectivity index is 0.000000853. The largest absolute Gasteiger partial charge is 0.373 e. The standard InChI is InChI=1S/C12H14O2.ClH/c1-2-4-10-9(3-1)5-6-11-12(10)14-8-7-13-11;/h1-4,11-12H,5-8H2;1H. The molecule has 2 atom stereocenters. The first kappa shape index (κ1) is 10.9. The van der Waals surface area contributed by atoms with Gasteiger partial charge in [-0.25, -0.2) is 0 Å². The van der Waals surface area contributed by atoms with Crippen LogP contribution in [0, 0.1) is 0 Å². The van der Waals surface area contributed by atoms with Crippen LogP contribution in [-0.4, -0.2) is 19.3 Å². The second kappa shape index (κ2) is 4.52. The van der Waals surface area contributed by atoms with Crippen molar-refractivity contribution in [1.82, 2.24) is 0 Å². The third-order valence-electron chi connectivity index (χ3n) is 3.11. The molecule has 1 aromatic carbocycles. The fourth-order valence-corrected chi connectivity index (χ4v) is 2.43. The van der Waals surface area contributed by atoms with E-state index in [4.69, 9.17) is 9.47 Å². The lowest BCUT2D eigenvalue weighted by Crippen LogP contribution is -2.35. The predicted molar refractivity (Wildman–Crippen MR) is 60.4 cm³/mol. The van der Waals surface area contributed by atoms with E-state index < -0.39 is 0 Å². The highest BCUT2D eigenvalue weighted by Gasteiger charge is 2.32. The minimum atomic E-state index is 0. The monoisotopic (exact) mass is 226 g/mol. The Kier molecular flexibility index (Phi) is 3.29. The van der Waals surface area contributed by atoms with Gasteiger partial charge in [0, 0.05) is 0 Å². The highest BCUT2D eigenvalue weighted by molar-refractivity contribution is 5.85. The highest BCUT2D eigenvalue weighted by atomic mass is 35.5. The summed E-state index contributed by atoms with van der Waals surface area (Å²) in [6.45, 7) is 1.48. The maximum Gasteiger partial charge on any atom is 0.109 e. The van der Waals surface area contributed by atoms with Gasteiger partial charge in [0.15, 0.2) is 0 Å². The minimum absolute atomic E-state index is 0. The summed E-state index contributed by atoms with van der Waals surface area (Å²) in [5, 5.41) is 0. The van der Waals surface area contributed by atoms with E-state index in [0.29, 0.717) is 6.10 Å². The van der Waals surface area contributed by atoms with Crippen LogP contribution < -0.4 is 0 Å². The zero-order chi connectivity index (χ0) is 9.38. The Labute approximate surface area is 96.0 Å². The van der Waals surface area contributed by atoms with Crippen molar-refractivity contribution in [2.75, 3.05) is 13.2 Å². The average molecular weight is 227 g/mol. The van der Waals surface area contributed by atoms with Gasteiger partial charge in [-0.1, -0.05) is 24.3 Å². The molecule has 1 aliphatic carbocycles. The van der Waals surface area contributed by atoms with Crippen LogP contribution in [0.3, 0.4) is 0 Å². The van der Waals surface area contributed by atoms with Crippen molar-refractivity contribution >= 4 is 12.4 Å². The molecule has 0 spiro atoms. The molecule has 2 aliphatic rings. The van der Waals surface area contributed by atoms with Crippen molar-refractivity contribution in [3.05, 3.63) is 35.4 Å². The van der Waals surface area contributed by atoms with E-state index in [9.17, 15) is 0 Å². The van der Waals surface area contributed by atoms with E-state index in [1.54, 1.807) is 0 Å². The number of fused-ring (bicyclic) bond motifs is 3. The Hall–Kier alpha value is -0.570. The summed E-state index contributed by atoms with van der Waals surface area (Å²) in [7, 11) is 0. The molecule has 1 aliphatic heterocycles. The Bertz CT molecular complexity index is 340. The summed E-state index contributed by atoms with van der Waals surface area (Å²) in [5.41, 5.74) is 2.77. The van der Waals surface area contributed by atoms with Crippen molar-refractivity contribution in [3.8, 4) is 0 Å². The fraction of sp³-hybridized carbons (Fsp3) is 0.500. The molecule has 0 saturated carbocycles. The van der Waals surface area contributed by atoms with Crippen molar-refractivity contribution in [2.45, 2.75) is 25.0 Å². The predicted octanol–water partition coefficient (Wildman–Crippen LogP) is 2.51. The molecule has 0 bridgehead atoms. The summed E-state index contributed by atoms with van der Waals surface area (Å²) < 4.78 is 11.5. The van der Waals surface area contributed by atoms with E-state index in [1.807, 2.05) is 0 Å². The third-order valence-corrected chi connectivity index (χ3v) is 3.11. The van der Waals surface area contributed by atoms with E-state index >= 15 is 0 Å². The van der Waals surface area contributed by atoms with Gasteiger partial charge in [-0.3, -0.25) is 0 Å². The number of aryl methyl sites for hydroxylation is 1. The minimum Gasteiger partial charge on any atom is -0.373 e. The number of rotatable bonds is 0. The molecule has 82 valence electrons. The Morgan fingerprint density at radius 2 is 1.87 bits per heavy atom. The normalized spacial score (nSPS) is 28.5. The van der Waals surface area contributed by atoms with E-state index in [-0.39, 0.29) is 18.5 Å². The van der Waals surface area contributed by atoms with Crippen molar-refractivity contribution in [1.29, 1.82) is 0 Å². The van der Waals surface area contributed by atoms with Crippen LogP contribution in [0.5, 0.6) is 0 Å². The zero-order valence-corrected chi connectivity index (χ0v) is 9.33. The van der Waals surface area contributed by atoms with Crippen LogP contribution >= 0.6 is 12.4 Å². The van der Waals surface area contributed by atoms with Crippen molar-refractivity contribution < 1.29 is 9.47 Å². The number of hydrogen-bond acceptors (Lipinski definition) is 2. The molecule has 0 aromatic heterocycles. The summed E-state index contributed by atoms with van der Waals surface area (Å²) in [6.07, 6.45) is 2.70. The topological polar surface area (TPSA) is 18.5 Å². The number of halogens is 1. The molecule has 1 aromatic rings. The van der Waals surface area contributed by atoms with E-state index in [2.05, 4.69) is 24.3 Å². The molecule has 0 amide bonds. The molecule has 1 heterocycles. The molecular formula is C12H15ClO2. The average Bonchev–Trinajstić information content (AvgIpc) is 2.29. The van der Waals surface area contributed by atoms with Gasteiger partial charge in [0.1, 0.15) is 6.10 Å². The van der Waals surface area contributed by atoms with Gasteiger partial charge in [-0.15, -0.1) is 12.4 Å². The first-order valence-corrected chi connectivity index (χ1v) is 5.26. The van der Waals surface area contributed by atoms with Gasteiger partial charge >= 0.3 is 0 Å². The van der Waals surface area contributed by atoms with Crippen LogP contribution in [-0.2, 0) is 15.9 Å². The molecule has 0 N–H and O–H groups in total. The van der Waals surface area contributed by atoms with E-state index in [0.717, 1.165) is 26.1 Å². The second-order valence-electron chi connectivity index (χ2n) is 3.94. The highest BCUT2D eigenvalue weighted by Crippen LogP contribution is 2.36. The Morgan fingerprint density at radius 3 is 2.80 bits per heavy atom. The first-order valence-electron chi connectivity index (χ1n) is 5.26. The molecule has 15 heavy (non-hydrogen) atoms. The quantitative estimate of drug-likeness (QED) is 0.677. The van der Waals surface area contributed by atoms with E-state index in [1.165, 1.54) is 11.1 Å². The summed E-state index contributed by atoms with van der Waals surface area (Å²) in [5.74, 6) is 0. The molecule has 3 heteroatoms. The summed E-state index contributed by atoms with van der Waals surface area (Å²) in [6, 6.07) is 8.55. The summed E-state index contributed by atoms with van der Waals surface area (Å²) >= 11 is 0. The van der Waals surface area contributed by atoms with Gasteiger partial charge in [0.25, 0.3) is 0 Å². The lowest BCUT2D eigenvalue weighted by molar-refractivity contribution is -0.148. The van der Waals surface area contributed by atoms with Gasteiger partial charge < -0.3 is 9.47 Å². The molecule has 1 fully saturated rings. The third kappa shape index (κ3) is 1.89. The zero-order valence-electron chi connectivity index (χ0n) is 8.52. The molecule has 0 radical (unpaired) electrons. The maximum absolute atomic E-state index is 5.78. The van der Waals surface area contributed by atoms with Gasteiger partial charge in [-0.2, -0.15) is 0 Å². The SMILES string of the molecule is Cl.c1ccc2c(c1)CCC1OCCOC21. The van der Waals surface area contributed by atoms with Crippen molar-refractivity contribution in [3.63, 3.8) is 0 Å². The van der Waals surface area contributed by atoms with Crippen LogP contribution in [0.15, 0.2) is 24.3 Å². The van der Waals surface area contributed by atoms with Crippen LogP contribution in [0.4, 0.5) is 0 Å². The van der Waals surface area contributed by atoms with Gasteiger partial charge in [-0.05, 0) is 24.0 Å². The summed E-state index contributed by atoms with van der Waals surface area (Å²) in [4.78, 5) is 0. The lowest BCUT2D eigenvalue weighted by Gasteiger charge is -2.36. The number of benzene rings is 1. The smallest absolute Gasteiger partial charge is 0.109 e. The van der Waals surface area contributed by atoms with Gasteiger partial charge in [0.05, 0.1) is 19.3 Å². The molecule has 3 rings (SSSR count). The molecule has 2 unspecified atom stereocenters. The Morgan fingerprint density at radius 1 is 1.07 bits per heavy atom.